The van der Waals surface area contributed by atoms with Crippen molar-refractivity contribution < 1.29 is 17.6 Å². The Kier molecular flexibility index (Phi) is 6.40. The SMILES string of the molecule is O=C(C=Cc1ccc(F)cc1)N1CCN(S(=O)(=O)c2cc(Cl)ccc2Cl)CC1. The predicted octanol–water partition coefficient (Wildman–Crippen LogP) is 3.68. The first-order chi connectivity index (χ1) is 13.3. The summed E-state index contributed by atoms with van der Waals surface area (Å²) in [4.78, 5) is 13.8. The van der Waals surface area contributed by atoms with E-state index >= 15 is 0 Å². The molecule has 1 aliphatic heterocycles. The summed E-state index contributed by atoms with van der Waals surface area (Å²) in [5.74, 6) is -0.581. The molecule has 2 aromatic carbocycles. The zero-order valence-corrected chi connectivity index (χ0v) is 17.0. The lowest BCUT2D eigenvalue weighted by atomic mass is 10.2. The Morgan fingerprint density at radius 3 is 2.29 bits per heavy atom. The van der Waals surface area contributed by atoms with Gasteiger partial charge in [0.25, 0.3) is 0 Å². The molecule has 1 fully saturated rings. The molecule has 0 bridgehead atoms. The maximum Gasteiger partial charge on any atom is 0.246 e. The highest BCUT2D eigenvalue weighted by molar-refractivity contribution is 7.89. The highest BCUT2D eigenvalue weighted by atomic mass is 35.5. The van der Waals surface area contributed by atoms with Crippen molar-refractivity contribution in [2.45, 2.75) is 4.90 Å². The van der Waals surface area contributed by atoms with Gasteiger partial charge in [-0.2, -0.15) is 4.31 Å². The van der Waals surface area contributed by atoms with Crippen LogP contribution in [0.5, 0.6) is 0 Å². The zero-order chi connectivity index (χ0) is 20.3. The summed E-state index contributed by atoms with van der Waals surface area (Å²) >= 11 is 11.9. The largest absolute Gasteiger partial charge is 0.337 e. The molecular formula is C19H17Cl2FN2O3S. The minimum absolute atomic E-state index is 0.0438. The Labute approximate surface area is 173 Å². The number of hydrogen-bond donors (Lipinski definition) is 0. The van der Waals surface area contributed by atoms with Gasteiger partial charge in [0.15, 0.2) is 0 Å². The first kappa shape index (κ1) is 20.8. The van der Waals surface area contributed by atoms with Crippen molar-refractivity contribution in [1.29, 1.82) is 0 Å². The van der Waals surface area contributed by atoms with Gasteiger partial charge in [0.2, 0.25) is 15.9 Å². The van der Waals surface area contributed by atoms with E-state index in [1.54, 1.807) is 23.1 Å². The van der Waals surface area contributed by atoms with Gasteiger partial charge in [-0.05, 0) is 42.0 Å². The van der Waals surface area contributed by atoms with Crippen LogP contribution < -0.4 is 0 Å². The van der Waals surface area contributed by atoms with Crippen molar-refractivity contribution >= 4 is 45.2 Å². The Morgan fingerprint density at radius 1 is 1.00 bits per heavy atom. The van der Waals surface area contributed by atoms with Crippen LogP contribution in [0.4, 0.5) is 4.39 Å². The lowest BCUT2D eigenvalue weighted by Crippen LogP contribution is -2.50. The number of carbonyl (C=O) groups excluding carboxylic acids is 1. The van der Waals surface area contributed by atoms with Crippen LogP contribution in [-0.4, -0.2) is 49.7 Å². The van der Waals surface area contributed by atoms with Gasteiger partial charge in [-0.1, -0.05) is 35.3 Å². The number of halogens is 3. The maximum atomic E-state index is 12.9. The minimum atomic E-state index is -3.80. The second-order valence-corrected chi connectivity index (χ2v) is 8.94. The van der Waals surface area contributed by atoms with Crippen LogP contribution >= 0.6 is 23.2 Å². The van der Waals surface area contributed by atoms with Crippen LogP contribution in [0.3, 0.4) is 0 Å². The molecule has 148 valence electrons. The number of hydrogen-bond acceptors (Lipinski definition) is 3. The molecule has 1 aliphatic rings. The first-order valence-corrected chi connectivity index (χ1v) is 10.6. The fourth-order valence-corrected chi connectivity index (χ4v) is 4.97. The molecule has 0 aromatic heterocycles. The summed E-state index contributed by atoms with van der Waals surface area (Å²) in [6.07, 6.45) is 2.99. The van der Waals surface area contributed by atoms with Crippen molar-refractivity contribution in [2.75, 3.05) is 26.2 Å². The molecule has 9 heteroatoms. The topological polar surface area (TPSA) is 57.7 Å². The third-order valence-electron chi connectivity index (χ3n) is 4.35. The second-order valence-electron chi connectivity index (χ2n) is 6.19. The number of sulfonamides is 1. The van der Waals surface area contributed by atoms with Crippen molar-refractivity contribution in [3.8, 4) is 0 Å². The van der Waals surface area contributed by atoms with E-state index in [4.69, 9.17) is 23.2 Å². The Morgan fingerprint density at radius 2 is 1.64 bits per heavy atom. The first-order valence-electron chi connectivity index (χ1n) is 8.45. The van der Waals surface area contributed by atoms with Gasteiger partial charge in [-0.3, -0.25) is 4.79 Å². The van der Waals surface area contributed by atoms with Crippen LogP contribution in [0.2, 0.25) is 10.0 Å². The van der Waals surface area contributed by atoms with E-state index in [0.717, 1.165) is 0 Å². The molecule has 28 heavy (non-hydrogen) atoms. The summed E-state index contributed by atoms with van der Waals surface area (Å²) < 4.78 is 39.8. The van der Waals surface area contributed by atoms with Crippen LogP contribution in [0.15, 0.2) is 53.4 Å². The van der Waals surface area contributed by atoms with Gasteiger partial charge in [0.1, 0.15) is 10.7 Å². The van der Waals surface area contributed by atoms with E-state index < -0.39 is 10.0 Å². The lowest BCUT2D eigenvalue weighted by molar-refractivity contribution is -0.127. The van der Waals surface area contributed by atoms with Crippen molar-refractivity contribution in [3.05, 3.63) is 70.0 Å². The molecule has 0 unspecified atom stereocenters. The van der Waals surface area contributed by atoms with E-state index in [1.807, 2.05) is 0 Å². The van der Waals surface area contributed by atoms with Crippen LogP contribution in [0, 0.1) is 5.82 Å². The maximum absolute atomic E-state index is 12.9. The fourth-order valence-electron chi connectivity index (χ4n) is 2.81. The molecule has 1 amide bonds. The van der Waals surface area contributed by atoms with E-state index in [1.165, 1.54) is 40.7 Å². The number of rotatable bonds is 4. The number of nitrogens with zero attached hydrogens (tertiary/aromatic N) is 2. The lowest BCUT2D eigenvalue weighted by Gasteiger charge is -2.33. The standard InChI is InChI=1S/C19H17Cl2FN2O3S/c20-15-4-7-17(21)18(13-15)28(26,27)24-11-9-23(10-12-24)19(25)8-3-14-1-5-16(22)6-2-14/h1-8,13H,9-12H2. The number of carbonyl (C=O) groups is 1. The van der Waals surface area contributed by atoms with Crippen molar-refractivity contribution in [2.24, 2.45) is 0 Å². The van der Waals surface area contributed by atoms with Gasteiger partial charge < -0.3 is 4.90 Å². The van der Waals surface area contributed by atoms with Crippen molar-refractivity contribution in [3.63, 3.8) is 0 Å². The predicted molar refractivity (Wildman–Crippen MR) is 107 cm³/mol. The normalized spacial score (nSPS) is 15.9. The second kappa shape index (κ2) is 8.61. The molecular weight excluding hydrogens is 426 g/mol. The highest BCUT2D eigenvalue weighted by Crippen LogP contribution is 2.28. The summed E-state index contributed by atoms with van der Waals surface area (Å²) in [7, 11) is -3.80. The monoisotopic (exact) mass is 442 g/mol. The Balaban J connectivity index is 1.64. The summed E-state index contributed by atoms with van der Waals surface area (Å²) in [6.45, 7) is 0.816. The van der Waals surface area contributed by atoms with Crippen LogP contribution in [0.1, 0.15) is 5.56 Å². The van der Waals surface area contributed by atoms with Gasteiger partial charge in [-0.15, -0.1) is 0 Å². The van der Waals surface area contributed by atoms with Gasteiger partial charge in [-0.25, -0.2) is 12.8 Å². The average Bonchev–Trinajstić information content (AvgIpc) is 2.69. The summed E-state index contributed by atoms with van der Waals surface area (Å²) in [5, 5.41) is 0.382. The summed E-state index contributed by atoms with van der Waals surface area (Å²) in [5.41, 5.74) is 0.701. The molecule has 0 spiro atoms. The average molecular weight is 443 g/mol. The Bertz CT molecular complexity index is 1000. The van der Waals surface area contributed by atoms with Gasteiger partial charge in [0.05, 0.1) is 5.02 Å². The third kappa shape index (κ3) is 4.72. The molecule has 2 aromatic rings. The number of amides is 1. The molecule has 1 saturated heterocycles. The third-order valence-corrected chi connectivity index (χ3v) is 6.97. The Hall–Kier alpha value is -1.93. The smallest absolute Gasteiger partial charge is 0.246 e. The molecule has 0 aliphatic carbocycles. The van der Waals surface area contributed by atoms with E-state index in [0.29, 0.717) is 5.56 Å². The highest BCUT2D eigenvalue weighted by Gasteiger charge is 2.31. The van der Waals surface area contributed by atoms with Gasteiger partial charge in [0, 0.05) is 37.3 Å². The molecule has 0 radical (unpaired) electrons. The van der Waals surface area contributed by atoms with Crippen LogP contribution in [0.25, 0.3) is 6.08 Å². The number of benzene rings is 2. The minimum Gasteiger partial charge on any atom is -0.337 e. The fraction of sp³-hybridized carbons (Fsp3) is 0.211. The zero-order valence-electron chi connectivity index (χ0n) is 14.7. The molecule has 0 atom stereocenters. The van der Waals surface area contributed by atoms with E-state index in [2.05, 4.69) is 0 Å². The molecule has 3 rings (SSSR count). The van der Waals surface area contributed by atoms with Gasteiger partial charge >= 0.3 is 0 Å². The van der Waals surface area contributed by atoms with Crippen molar-refractivity contribution in [1.82, 2.24) is 9.21 Å². The molecule has 1 heterocycles. The summed E-state index contributed by atoms with van der Waals surface area (Å²) in [6, 6.07) is 10.0. The molecule has 0 saturated carbocycles. The molecule has 0 N–H and O–H groups in total. The van der Waals surface area contributed by atoms with E-state index in [-0.39, 0.29) is 52.8 Å². The van der Waals surface area contributed by atoms with Crippen LogP contribution in [-0.2, 0) is 14.8 Å². The quantitative estimate of drug-likeness (QED) is 0.678. The van der Waals surface area contributed by atoms with E-state index in [9.17, 15) is 17.6 Å². The number of piperazine rings is 1. The molecule has 5 nitrogen and oxygen atoms in total.